The SMILES string of the molecule is CCN(CC)c1ccc2cc(-c3ccc4c(c3)C(=O)C(=O)N4)c(=O)oc2c1. The van der Waals surface area contributed by atoms with Crippen LogP contribution >= 0.6 is 0 Å². The predicted molar refractivity (Wildman–Crippen MR) is 104 cm³/mol. The van der Waals surface area contributed by atoms with E-state index in [1.54, 1.807) is 24.3 Å². The molecule has 0 saturated heterocycles. The molecule has 0 spiro atoms. The van der Waals surface area contributed by atoms with Crippen LogP contribution in [0.2, 0.25) is 0 Å². The zero-order valence-electron chi connectivity index (χ0n) is 15.0. The number of hydrogen-bond donors (Lipinski definition) is 1. The summed E-state index contributed by atoms with van der Waals surface area (Å²) in [6.45, 7) is 5.86. The van der Waals surface area contributed by atoms with Crippen molar-refractivity contribution in [1.82, 2.24) is 0 Å². The number of nitrogens with one attached hydrogen (secondary N) is 1. The molecule has 1 amide bonds. The van der Waals surface area contributed by atoms with E-state index in [-0.39, 0.29) is 5.56 Å². The highest BCUT2D eigenvalue weighted by Gasteiger charge is 2.28. The lowest BCUT2D eigenvalue weighted by molar-refractivity contribution is -0.112. The van der Waals surface area contributed by atoms with Gasteiger partial charge in [0.15, 0.2) is 0 Å². The fraction of sp³-hybridized carbons (Fsp3) is 0.190. The Balaban J connectivity index is 1.81. The summed E-state index contributed by atoms with van der Waals surface area (Å²) in [6, 6.07) is 12.4. The number of anilines is 2. The molecule has 0 saturated carbocycles. The van der Waals surface area contributed by atoms with Crippen LogP contribution < -0.4 is 15.8 Å². The topological polar surface area (TPSA) is 79.6 Å². The van der Waals surface area contributed by atoms with E-state index in [1.807, 2.05) is 18.2 Å². The van der Waals surface area contributed by atoms with Crippen molar-refractivity contribution in [1.29, 1.82) is 0 Å². The predicted octanol–water partition coefficient (Wildman–Crippen LogP) is 3.44. The summed E-state index contributed by atoms with van der Waals surface area (Å²) >= 11 is 0. The Bertz CT molecular complexity index is 1140. The van der Waals surface area contributed by atoms with E-state index in [1.165, 1.54) is 0 Å². The van der Waals surface area contributed by atoms with Crippen LogP contribution in [0.1, 0.15) is 24.2 Å². The highest BCUT2D eigenvalue weighted by atomic mass is 16.4. The molecule has 0 bridgehead atoms. The average Bonchev–Trinajstić information content (AvgIpc) is 2.96. The van der Waals surface area contributed by atoms with Crippen LogP contribution in [0.5, 0.6) is 0 Å². The minimum atomic E-state index is -0.656. The summed E-state index contributed by atoms with van der Waals surface area (Å²) < 4.78 is 5.54. The van der Waals surface area contributed by atoms with Crippen molar-refractivity contribution in [3.8, 4) is 11.1 Å². The third kappa shape index (κ3) is 2.79. The van der Waals surface area contributed by atoms with Crippen molar-refractivity contribution < 1.29 is 14.0 Å². The number of benzene rings is 2. The summed E-state index contributed by atoms with van der Waals surface area (Å²) in [7, 11) is 0. The van der Waals surface area contributed by atoms with Gasteiger partial charge in [-0.1, -0.05) is 6.07 Å². The molecular formula is C21H18N2O4. The summed E-state index contributed by atoms with van der Waals surface area (Å²) in [5, 5.41) is 3.30. The number of Topliss-reactive ketones (excluding diaryl/α,β-unsaturated/α-hetero) is 1. The smallest absolute Gasteiger partial charge is 0.344 e. The quantitative estimate of drug-likeness (QED) is 0.568. The summed E-state index contributed by atoms with van der Waals surface area (Å²) in [6.07, 6.45) is 0. The van der Waals surface area contributed by atoms with Crippen molar-refractivity contribution >= 4 is 34.0 Å². The van der Waals surface area contributed by atoms with Crippen LogP contribution in [0.3, 0.4) is 0 Å². The minimum Gasteiger partial charge on any atom is -0.422 e. The molecule has 1 aromatic heterocycles. The van der Waals surface area contributed by atoms with Gasteiger partial charge in [-0.2, -0.15) is 0 Å². The molecule has 1 aliphatic heterocycles. The lowest BCUT2D eigenvalue weighted by atomic mass is 10.0. The van der Waals surface area contributed by atoms with Gasteiger partial charge in [-0.05, 0) is 49.7 Å². The van der Waals surface area contributed by atoms with Gasteiger partial charge in [0.2, 0.25) is 0 Å². The number of fused-ring (bicyclic) bond motifs is 2. The molecule has 0 atom stereocenters. The molecule has 3 aromatic rings. The highest BCUT2D eigenvalue weighted by Crippen LogP contribution is 2.30. The molecule has 1 aliphatic rings. The van der Waals surface area contributed by atoms with Gasteiger partial charge in [-0.15, -0.1) is 0 Å². The van der Waals surface area contributed by atoms with Gasteiger partial charge >= 0.3 is 5.63 Å². The Kier molecular flexibility index (Phi) is 4.03. The molecule has 6 heteroatoms. The molecule has 27 heavy (non-hydrogen) atoms. The van der Waals surface area contributed by atoms with E-state index in [0.717, 1.165) is 24.2 Å². The molecule has 2 aromatic carbocycles. The Morgan fingerprint density at radius 1 is 0.926 bits per heavy atom. The van der Waals surface area contributed by atoms with Gasteiger partial charge in [0, 0.05) is 30.2 Å². The average molecular weight is 362 g/mol. The van der Waals surface area contributed by atoms with Crippen LogP contribution in [0, 0.1) is 0 Å². The number of rotatable bonds is 4. The number of carbonyl (C=O) groups is 2. The Hall–Kier alpha value is -3.41. The second-order valence-electron chi connectivity index (χ2n) is 6.39. The Labute approximate surface area is 155 Å². The second-order valence-corrected chi connectivity index (χ2v) is 6.39. The maximum atomic E-state index is 12.6. The van der Waals surface area contributed by atoms with Crippen LogP contribution in [-0.4, -0.2) is 24.8 Å². The Morgan fingerprint density at radius 2 is 1.70 bits per heavy atom. The first-order valence-electron chi connectivity index (χ1n) is 8.84. The Morgan fingerprint density at radius 3 is 2.44 bits per heavy atom. The first-order chi connectivity index (χ1) is 13.0. The molecule has 1 N–H and O–H groups in total. The summed E-state index contributed by atoms with van der Waals surface area (Å²) in [5.74, 6) is -1.25. The largest absolute Gasteiger partial charge is 0.422 e. The first-order valence-corrected chi connectivity index (χ1v) is 8.84. The standard InChI is InChI=1S/C21H18N2O4/c1-3-23(4-2)14-7-5-13-10-15(21(26)27-18(13)11-14)12-6-8-17-16(9-12)19(24)20(25)22-17/h5-11H,3-4H2,1-2H3,(H,22,24,25). The van der Waals surface area contributed by atoms with Crippen molar-refractivity contribution in [3.05, 3.63) is 58.4 Å². The number of amides is 1. The molecule has 4 rings (SSSR count). The van der Waals surface area contributed by atoms with Gasteiger partial charge in [-0.3, -0.25) is 9.59 Å². The maximum absolute atomic E-state index is 12.6. The van der Waals surface area contributed by atoms with Crippen LogP contribution in [0.15, 0.2) is 51.7 Å². The lowest BCUT2D eigenvalue weighted by Crippen LogP contribution is -2.21. The molecule has 0 unspecified atom stereocenters. The van der Waals surface area contributed by atoms with E-state index in [0.29, 0.717) is 22.4 Å². The zero-order chi connectivity index (χ0) is 19.1. The maximum Gasteiger partial charge on any atom is 0.344 e. The molecule has 0 aliphatic carbocycles. The third-order valence-corrected chi connectivity index (χ3v) is 4.88. The lowest BCUT2D eigenvalue weighted by Gasteiger charge is -2.21. The summed E-state index contributed by atoms with van der Waals surface area (Å²) in [4.78, 5) is 38.2. The van der Waals surface area contributed by atoms with Gasteiger partial charge in [0.05, 0.1) is 16.8 Å². The van der Waals surface area contributed by atoms with E-state index >= 15 is 0 Å². The second kappa shape index (κ2) is 6.39. The first kappa shape index (κ1) is 17.0. The normalized spacial score (nSPS) is 13.0. The van der Waals surface area contributed by atoms with Crippen LogP contribution in [0.4, 0.5) is 11.4 Å². The minimum absolute atomic E-state index is 0.272. The van der Waals surface area contributed by atoms with Crippen molar-refractivity contribution in [2.75, 3.05) is 23.3 Å². The summed E-state index contributed by atoms with van der Waals surface area (Å²) in [5.41, 5.74) is 2.66. The van der Waals surface area contributed by atoms with E-state index in [9.17, 15) is 14.4 Å². The number of nitrogens with zero attached hydrogens (tertiary/aromatic N) is 1. The molecule has 136 valence electrons. The molecular weight excluding hydrogens is 344 g/mol. The molecule has 2 heterocycles. The zero-order valence-corrected chi connectivity index (χ0v) is 15.0. The van der Waals surface area contributed by atoms with Crippen LogP contribution in [-0.2, 0) is 4.79 Å². The van der Waals surface area contributed by atoms with Gasteiger partial charge in [0.25, 0.3) is 11.7 Å². The fourth-order valence-corrected chi connectivity index (χ4v) is 3.40. The molecule has 6 nitrogen and oxygen atoms in total. The third-order valence-electron chi connectivity index (χ3n) is 4.88. The van der Waals surface area contributed by atoms with E-state index in [4.69, 9.17) is 4.42 Å². The molecule has 0 radical (unpaired) electrons. The highest BCUT2D eigenvalue weighted by molar-refractivity contribution is 6.51. The van der Waals surface area contributed by atoms with Gasteiger partial charge < -0.3 is 14.6 Å². The van der Waals surface area contributed by atoms with Gasteiger partial charge in [0.1, 0.15) is 5.58 Å². The van der Waals surface area contributed by atoms with Gasteiger partial charge in [-0.25, -0.2) is 4.79 Å². The number of ketones is 1. The number of hydrogen-bond acceptors (Lipinski definition) is 5. The van der Waals surface area contributed by atoms with Crippen molar-refractivity contribution in [2.45, 2.75) is 13.8 Å². The van der Waals surface area contributed by atoms with Crippen LogP contribution in [0.25, 0.3) is 22.1 Å². The fourth-order valence-electron chi connectivity index (χ4n) is 3.40. The van der Waals surface area contributed by atoms with E-state index in [2.05, 4.69) is 24.1 Å². The van der Waals surface area contributed by atoms with E-state index < -0.39 is 17.3 Å². The number of carbonyl (C=O) groups excluding carboxylic acids is 2. The van der Waals surface area contributed by atoms with Crippen molar-refractivity contribution in [2.24, 2.45) is 0 Å². The van der Waals surface area contributed by atoms with Crippen molar-refractivity contribution in [3.63, 3.8) is 0 Å². The molecule has 0 fully saturated rings. The monoisotopic (exact) mass is 362 g/mol.